The lowest BCUT2D eigenvalue weighted by atomic mass is 9.88. The van der Waals surface area contributed by atoms with E-state index < -0.39 is 23.6 Å². The molecule has 9 heteroatoms. The molecule has 0 bridgehead atoms. The lowest BCUT2D eigenvalue weighted by Gasteiger charge is -2.33. The summed E-state index contributed by atoms with van der Waals surface area (Å²) in [6, 6.07) is 9.49. The second-order valence-corrected chi connectivity index (χ2v) is 12.9. The number of hydrogen-bond acceptors (Lipinski definition) is 6. The standard InChI is InChI=1S/C30H39N3O5S/c1-18(2)16-21(31-27(35)20-11-9-19(10-12-20)24-8-7-15-39-24)28(36)32-14-13-22-25(32)23(34)17-33(22)29(37)26(38-6)30(3,4)5/h7-12,15,18,21-22,25-26H,13-14,16-17H2,1-6H3,(H,31,35). The monoisotopic (exact) mass is 553 g/mol. The Morgan fingerprint density at radius 2 is 1.77 bits per heavy atom. The zero-order valence-electron chi connectivity index (χ0n) is 23.6. The van der Waals surface area contributed by atoms with Gasteiger partial charge >= 0.3 is 0 Å². The van der Waals surface area contributed by atoms with E-state index in [-0.39, 0.29) is 42.0 Å². The number of thiophene rings is 1. The molecular formula is C30H39N3O5S. The first-order chi connectivity index (χ1) is 18.4. The van der Waals surface area contributed by atoms with Crippen LogP contribution in [0, 0.1) is 11.3 Å². The summed E-state index contributed by atoms with van der Waals surface area (Å²) in [5.74, 6) is -0.836. The molecule has 1 aromatic heterocycles. The molecular weight excluding hydrogens is 514 g/mol. The second-order valence-electron chi connectivity index (χ2n) is 12.0. The number of carbonyl (C=O) groups is 4. The van der Waals surface area contributed by atoms with E-state index in [9.17, 15) is 19.2 Å². The highest BCUT2D eigenvalue weighted by Crippen LogP contribution is 2.34. The number of hydrogen-bond donors (Lipinski definition) is 1. The van der Waals surface area contributed by atoms with Gasteiger partial charge in [-0.2, -0.15) is 0 Å². The molecule has 4 atom stereocenters. The van der Waals surface area contributed by atoms with Gasteiger partial charge < -0.3 is 19.9 Å². The molecule has 39 heavy (non-hydrogen) atoms. The van der Waals surface area contributed by atoms with Crippen molar-refractivity contribution in [2.45, 2.75) is 71.7 Å². The summed E-state index contributed by atoms with van der Waals surface area (Å²) in [6.07, 6.45) is 0.271. The molecule has 1 aromatic carbocycles. The van der Waals surface area contributed by atoms with Gasteiger partial charge in [0.25, 0.3) is 11.8 Å². The van der Waals surface area contributed by atoms with Crippen molar-refractivity contribution in [3.63, 3.8) is 0 Å². The molecule has 0 saturated carbocycles. The Labute approximate surface area is 234 Å². The molecule has 1 N–H and O–H groups in total. The van der Waals surface area contributed by atoms with Crippen LogP contribution in [0.15, 0.2) is 41.8 Å². The number of Topliss-reactive ketones (excluding diaryl/α,β-unsaturated/α-hetero) is 1. The number of fused-ring (bicyclic) bond motifs is 1. The predicted octanol–water partition coefficient (Wildman–Crippen LogP) is 4.00. The fourth-order valence-electron chi connectivity index (χ4n) is 5.70. The Bertz CT molecular complexity index is 1200. The average molecular weight is 554 g/mol. The zero-order valence-corrected chi connectivity index (χ0v) is 24.4. The fourth-order valence-corrected chi connectivity index (χ4v) is 6.43. The van der Waals surface area contributed by atoms with Gasteiger partial charge in [0.1, 0.15) is 18.2 Å². The first-order valence-corrected chi connectivity index (χ1v) is 14.4. The maximum absolute atomic E-state index is 13.8. The molecule has 2 aliphatic rings. The third kappa shape index (κ3) is 6.09. The number of amides is 3. The van der Waals surface area contributed by atoms with Gasteiger partial charge in [0.05, 0.1) is 12.6 Å². The summed E-state index contributed by atoms with van der Waals surface area (Å²) in [7, 11) is 1.50. The van der Waals surface area contributed by atoms with E-state index >= 15 is 0 Å². The van der Waals surface area contributed by atoms with E-state index in [1.165, 1.54) is 7.11 Å². The second kappa shape index (κ2) is 11.6. The van der Waals surface area contributed by atoms with Crippen molar-refractivity contribution in [3.8, 4) is 10.4 Å². The highest BCUT2D eigenvalue weighted by atomic mass is 32.1. The SMILES string of the molecule is COC(C(=O)N1CC(=O)C2C1CCN2C(=O)C(CC(C)C)NC(=O)c1ccc(-c2cccs2)cc1)C(C)(C)C. The molecule has 0 spiro atoms. The topological polar surface area (TPSA) is 96.0 Å². The minimum Gasteiger partial charge on any atom is -0.371 e. The van der Waals surface area contributed by atoms with Crippen molar-refractivity contribution >= 4 is 34.8 Å². The Morgan fingerprint density at radius 3 is 2.33 bits per heavy atom. The third-order valence-electron chi connectivity index (χ3n) is 7.50. The minimum atomic E-state index is -0.771. The van der Waals surface area contributed by atoms with Crippen LogP contribution in [0.3, 0.4) is 0 Å². The van der Waals surface area contributed by atoms with Crippen LogP contribution in [0.2, 0.25) is 0 Å². The Hall–Kier alpha value is -3.04. The summed E-state index contributed by atoms with van der Waals surface area (Å²) in [5.41, 5.74) is 1.06. The van der Waals surface area contributed by atoms with E-state index in [4.69, 9.17) is 4.74 Å². The molecule has 2 saturated heterocycles. The normalized spacial score (nSPS) is 20.7. The van der Waals surface area contributed by atoms with Crippen LogP contribution in [-0.4, -0.2) is 77.7 Å². The Kier molecular flexibility index (Phi) is 8.61. The van der Waals surface area contributed by atoms with Gasteiger partial charge in [-0.05, 0) is 53.3 Å². The van der Waals surface area contributed by atoms with E-state index in [0.29, 0.717) is 24.9 Å². The van der Waals surface area contributed by atoms with E-state index in [1.54, 1.807) is 33.3 Å². The van der Waals surface area contributed by atoms with Gasteiger partial charge in [-0.25, -0.2) is 0 Å². The molecule has 210 valence electrons. The molecule has 4 rings (SSSR count). The predicted molar refractivity (Wildman–Crippen MR) is 151 cm³/mol. The zero-order chi connectivity index (χ0) is 28.5. The van der Waals surface area contributed by atoms with Crippen molar-refractivity contribution in [2.75, 3.05) is 20.2 Å². The molecule has 2 aromatic rings. The largest absolute Gasteiger partial charge is 0.371 e. The third-order valence-corrected chi connectivity index (χ3v) is 8.42. The quantitative estimate of drug-likeness (QED) is 0.533. The van der Waals surface area contributed by atoms with Gasteiger partial charge in [0.15, 0.2) is 5.78 Å². The van der Waals surface area contributed by atoms with Crippen molar-refractivity contribution in [3.05, 3.63) is 47.3 Å². The lowest BCUT2D eigenvalue weighted by Crippen LogP contribution is -2.53. The molecule has 8 nitrogen and oxygen atoms in total. The molecule has 3 heterocycles. The first-order valence-electron chi connectivity index (χ1n) is 13.5. The highest BCUT2D eigenvalue weighted by Gasteiger charge is 2.53. The Morgan fingerprint density at radius 1 is 1.08 bits per heavy atom. The van der Waals surface area contributed by atoms with Gasteiger partial charge in [0.2, 0.25) is 5.91 Å². The number of nitrogens with zero attached hydrogens (tertiary/aromatic N) is 2. The number of methoxy groups -OCH3 is 1. The van der Waals surface area contributed by atoms with Crippen LogP contribution in [0.4, 0.5) is 0 Å². The maximum Gasteiger partial charge on any atom is 0.252 e. The number of rotatable bonds is 8. The van der Waals surface area contributed by atoms with E-state index in [0.717, 1.165) is 10.4 Å². The fraction of sp³-hybridized carbons (Fsp3) is 0.533. The summed E-state index contributed by atoms with van der Waals surface area (Å²) in [5, 5.41) is 4.94. The van der Waals surface area contributed by atoms with Crippen LogP contribution < -0.4 is 5.32 Å². The molecule has 3 amide bonds. The van der Waals surface area contributed by atoms with E-state index in [2.05, 4.69) is 5.32 Å². The summed E-state index contributed by atoms with van der Waals surface area (Å²) in [6.45, 7) is 10.1. The van der Waals surface area contributed by atoms with Crippen molar-refractivity contribution in [1.82, 2.24) is 15.1 Å². The van der Waals surface area contributed by atoms with Gasteiger partial charge in [-0.1, -0.05) is 52.8 Å². The summed E-state index contributed by atoms with van der Waals surface area (Å²) in [4.78, 5) is 57.8. The van der Waals surface area contributed by atoms with Crippen LogP contribution in [0.5, 0.6) is 0 Å². The van der Waals surface area contributed by atoms with Crippen LogP contribution >= 0.6 is 11.3 Å². The van der Waals surface area contributed by atoms with Crippen LogP contribution in [-0.2, 0) is 19.1 Å². The van der Waals surface area contributed by atoms with Crippen molar-refractivity contribution < 1.29 is 23.9 Å². The minimum absolute atomic E-state index is 0.0360. The molecule has 2 fully saturated rings. The van der Waals surface area contributed by atoms with E-state index in [1.807, 2.05) is 64.3 Å². The van der Waals surface area contributed by atoms with Crippen molar-refractivity contribution in [2.24, 2.45) is 11.3 Å². The molecule has 4 unspecified atom stereocenters. The number of nitrogens with one attached hydrogen (secondary N) is 1. The lowest BCUT2D eigenvalue weighted by molar-refractivity contribution is -0.150. The number of benzene rings is 1. The van der Waals surface area contributed by atoms with Gasteiger partial charge in [-0.15, -0.1) is 11.3 Å². The van der Waals surface area contributed by atoms with Gasteiger partial charge in [0, 0.05) is 24.1 Å². The number of ketones is 1. The summed E-state index contributed by atoms with van der Waals surface area (Å²) >= 11 is 1.63. The van der Waals surface area contributed by atoms with Crippen molar-refractivity contribution in [1.29, 1.82) is 0 Å². The Balaban J connectivity index is 1.49. The maximum atomic E-state index is 13.8. The smallest absolute Gasteiger partial charge is 0.252 e. The first kappa shape index (κ1) is 29.0. The van der Waals surface area contributed by atoms with Crippen LogP contribution in [0.25, 0.3) is 10.4 Å². The molecule has 0 aliphatic carbocycles. The average Bonchev–Trinajstić information content (AvgIpc) is 3.61. The number of likely N-dealkylation sites (tertiary alicyclic amines) is 2. The number of ether oxygens (including phenoxy) is 1. The highest BCUT2D eigenvalue weighted by molar-refractivity contribution is 7.13. The molecule has 2 aliphatic heterocycles. The van der Waals surface area contributed by atoms with Crippen LogP contribution in [0.1, 0.15) is 57.8 Å². The summed E-state index contributed by atoms with van der Waals surface area (Å²) < 4.78 is 5.51. The number of carbonyl (C=O) groups excluding carboxylic acids is 4. The van der Waals surface area contributed by atoms with Gasteiger partial charge in [-0.3, -0.25) is 19.2 Å². The molecule has 0 radical (unpaired) electrons.